The molecule has 0 spiro atoms. The third kappa shape index (κ3) is 3.30. The van der Waals surface area contributed by atoms with Crippen LogP contribution in [0, 0.1) is 5.92 Å². The first kappa shape index (κ1) is 9.14. The van der Waals surface area contributed by atoms with Crippen molar-refractivity contribution in [1.82, 2.24) is 0 Å². The zero-order chi connectivity index (χ0) is 8.10. The topological polar surface area (TPSA) is 26.0 Å². The lowest BCUT2D eigenvalue weighted by atomic mass is 9.97. The Morgan fingerprint density at radius 2 is 2.45 bits per heavy atom. The van der Waals surface area contributed by atoms with Gasteiger partial charge in [0.2, 0.25) is 0 Å². The van der Waals surface area contributed by atoms with Gasteiger partial charge in [-0.3, -0.25) is 0 Å². The van der Waals surface area contributed by atoms with Crippen molar-refractivity contribution in [2.45, 2.75) is 19.3 Å². The standard InChI is InChI=1S/C9H17NS/c1-8(6-10)5-9-3-2-4-11-7-9/h9H,1-7,10H2. The van der Waals surface area contributed by atoms with Crippen LogP contribution in [0.2, 0.25) is 0 Å². The molecule has 1 atom stereocenters. The van der Waals surface area contributed by atoms with Gasteiger partial charge >= 0.3 is 0 Å². The molecule has 0 aliphatic carbocycles. The maximum absolute atomic E-state index is 5.48. The molecule has 1 rings (SSSR count). The van der Waals surface area contributed by atoms with Gasteiger partial charge in [-0.15, -0.1) is 0 Å². The van der Waals surface area contributed by atoms with E-state index in [0.29, 0.717) is 6.54 Å². The van der Waals surface area contributed by atoms with Crippen molar-refractivity contribution in [1.29, 1.82) is 0 Å². The average Bonchev–Trinajstić information content (AvgIpc) is 2.06. The molecule has 0 aromatic rings. The van der Waals surface area contributed by atoms with Gasteiger partial charge in [0.05, 0.1) is 0 Å². The van der Waals surface area contributed by atoms with Gasteiger partial charge in [0.1, 0.15) is 0 Å². The summed E-state index contributed by atoms with van der Waals surface area (Å²) < 4.78 is 0. The first-order chi connectivity index (χ1) is 5.33. The van der Waals surface area contributed by atoms with Crippen molar-refractivity contribution in [2.75, 3.05) is 18.1 Å². The predicted molar refractivity (Wildman–Crippen MR) is 52.9 cm³/mol. The van der Waals surface area contributed by atoms with Gasteiger partial charge in [-0.05, 0) is 36.7 Å². The maximum atomic E-state index is 5.48. The van der Waals surface area contributed by atoms with Crippen LogP contribution in [0.3, 0.4) is 0 Å². The molecule has 11 heavy (non-hydrogen) atoms. The molecule has 2 N–H and O–H groups in total. The van der Waals surface area contributed by atoms with Crippen molar-refractivity contribution in [3.05, 3.63) is 12.2 Å². The van der Waals surface area contributed by atoms with E-state index < -0.39 is 0 Å². The van der Waals surface area contributed by atoms with Crippen molar-refractivity contribution >= 4 is 11.8 Å². The van der Waals surface area contributed by atoms with E-state index in [-0.39, 0.29) is 0 Å². The summed E-state index contributed by atoms with van der Waals surface area (Å²) in [7, 11) is 0. The van der Waals surface area contributed by atoms with Crippen LogP contribution in [0.15, 0.2) is 12.2 Å². The van der Waals surface area contributed by atoms with Crippen LogP contribution >= 0.6 is 11.8 Å². The molecule has 0 saturated carbocycles. The molecular formula is C9H17NS. The summed E-state index contributed by atoms with van der Waals surface area (Å²) >= 11 is 2.07. The largest absolute Gasteiger partial charge is 0.327 e. The van der Waals surface area contributed by atoms with Gasteiger partial charge in [0.25, 0.3) is 0 Å². The van der Waals surface area contributed by atoms with Crippen LogP contribution in [0.1, 0.15) is 19.3 Å². The number of rotatable bonds is 3. The quantitative estimate of drug-likeness (QED) is 0.658. The lowest BCUT2D eigenvalue weighted by Gasteiger charge is -2.21. The molecule has 0 radical (unpaired) electrons. The van der Waals surface area contributed by atoms with E-state index in [2.05, 4.69) is 18.3 Å². The molecule has 2 heteroatoms. The van der Waals surface area contributed by atoms with E-state index in [1.807, 2.05) is 0 Å². The van der Waals surface area contributed by atoms with Crippen molar-refractivity contribution < 1.29 is 0 Å². The summed E-state index contributed by atoms with van der Waals surface area (Å²) in [6.07, 6.45) is 3.92. The molecule has 64 valence electrons. The molecule has 1 heterocycles. The molecule has 1 aliphatic heterocycles. The first-order valence-electron chi connectivity index (χ1n) is 4.27. The Bertz CT molecular complexity index is 128. The highest BCUT2D eigenvalue weighted by Gasteiger charge is 2.13. The molecule has 0 bridgehead atoms. The number of hydrogen-bond acceptors (Lipinski definition) is 2. The fraction of sp³-hybridized carbons (Fsp3) is 0.778. The minimum atomic E-state index is 0.668. The monoisotopic (exact) mass is 171 g/mol. The highest BCUT2D eigenvalue weighted by Crippen LogP contribution is 2.26. The molecule has 1 nitrogen and oxygen atoms in total. The molecule has 1 unspecified atom stereocenters. The zero-order valence-electron chi connectivity index (χ0n) is 7.01. The van der Waals surface area contributed by atoms with E-state index in [1.54, 1.807) is 0 Å². The van der Waals surface area contributed by atoms with E-state index in [0.717, 1.165) is 12.3 Å². The summed E-state index contributed by atoms with van der Waals surface area (Å²) in [6.45, 7) is 4.60. The number of hydrogen-bond donors (Lipinski definition) is 1. The Balaban J connectivity index is 2.19. The van der Waals surface area contributed by atoms with Crippen LogP contribution < -0.4 is 5.73 Å². The highest BCUT2D eigenvalue weighted by atomic mass is 32.2. The van der Waals surface area contributed by atoms with Gasteiger partial charge in [-0.2, -0.15) is 11.8 Å². The number of thioether (sulfide) groups is 1. The zero-order valence-corrected chi connectivity index (χ0v) is 7.83. The summed E-state index contributed by atoms with van der Waals surface area (Å²) in [5, 5.41) is 0. The lowest BCUT2D eigenvalue weighted by Crippen LogP contribution is -2.13. The summed E-state index contributed by atoms with van der Waals surface area (Å²) in [5.41, 5.74) is 6.70. The Morgan fingerprint density at radius 3 is 3.00 bits per heavy atom. The van der Waals surface area contributed by atoms with Crippen molar-refractivity contribution in [3.63, 3.8) is 0 Å². The molecule has 0 amide bonds. The first-order valence-corrected chi connectivity index (χ1v) is 5.43. The fourth-order valence-corrected chi connectivity index (χ4v) is 2.62. The van der Waals surface area contributed by atoms with Crippen LogP contribution in [0.25, 0.3) is 0 Å². The lowest BCUT2D eigenvalue weighted by molar-refractivity contribution is 0.517. The van der Waals surface area contributed by atoms with Gasteiger partial charge < -0.3 is 5.73 Å². The fourth-order valence-electron chi connectivity index (χ4n) is 1.46. The average molecular weight is 171 g/mol. The molecule has 1 fully saturated rings. The van der Waals surface area contributed by atoms with Gasteiger partial charge in [0.15, 0.2) is 0 Å². The van der Waals surface area contributed by atoms with Gasteiger partial charge in [-0.1, -0.05) is 12.2 Å². The summed E-state index contributed by atoms with van der Waals surface area (Å²) in [5.74, 6) is 3.54. The minimum Gasteiger partial charge on any atom is -0.327 e. The molecule has 0 aromatic heterocycles. The Hall–Kier alpha value is 0.0500. The smallest absolute Gasteiger partial charge is 0.0134 e. The number of nitrogens with two attached hydrogens (primary N) is 1. The second kappa shape index (κ2) is 4.83. The molecule has 1 aliphatic rings. The van der Waals surface area contributed by atoms with Crippen molar-refractivity contribution in [3.8, 4) is 0 Å². The Morgan fingerprint density at radius 1 is 1.64 bits per heavy atom. The Labute approximate surface area is 73.4 Å². The third-order valence-electron chi connectivity index (χ3n) is 2.12. The van der Waals surface area contributed by atoms with Crippen LogP contribution in [0.5, 0.6) is 0 Å². The van der Waals surface area contributed by atoms with Gasteiger partial charge in [0, 0.05) is 6.54 Å². The predicted octanol–water partition coefficient (Wildman–Crippen LogP) is 2.03. The maximum Gasteiger partial charge on any atom is 0.0134 e. The van der Waals surface area contributed by atoms with E-state index in [9.17, 15) is 0 Å². The second-order valence-corrected chi connectivity index (χ2v) is 4.39. The third-order valence-corrected chi connectivity index (χ3v) is 3.41. The Kier molecular flexibility index (Phi) is 4.02. The van der Waals surface area contributed by atoms with E-state index in [4.69, 9.17) is 5.73 Å². The SMILES string of the molecule is C=C(CN)CC1CCCSC1. The van der Waals surface area contributed by atoms with Gasteiger partial charge in [-0.25, -0.2) is 0 Å². The molecular weight excluding hydrogens is 154 g/mol. The molecule has 0 aromatic carbocycles. The molecule has 1 saturated heterocycles. The van der Waals surface area contributed by atoms with Crippen LogP contribution in [0.4, 0.5) is 0 Å². The minimum absolute atomic E-state index is 0.668. The second-order valence-electron chi connectivity index (χ2n) is 3.24. The van der Waals surface area contributed by atoms with Crippen LogP contribution in [-0.4, -0.2) is 18.1 Å². The summed E-state index contributed by atoms with van der Waals surface area (Å²) in [6, 6.07) is 0. The summed E-state index contributed by atoms with van der Waals surface area (Å²) in [4.78, 5) is 0. The van der Waals surface area contributed by atoms with E-state index >= 15 is 0 Å². The van der Waals surface area contributed by atoms with E-state index in [1.165, 1.54) is 29.9 Å². The normalized spacial score (nSPS) is 25.0. The van der Waals surface area contributed by atoms with Crippen molar-refractivity contribution in [2.24, 2.45) is 11.7 Å². The highest BCUT2D eigenvalue weighted by molar-refractivity contribution is 7.99. The van der Waals surface area contributed by atoms with Crippen LogP contribution in [-0.2, 0) is 0 Å².